The van der Waals surface area contributed by atoms with Gasteiger partial charge in [0.1, 0.15) is 17.5 Å². The number of benzene rings is 1. The molecular weight excluding hydrogens is 262 g/mol. The molecule has 4 nitrogen and oxygen atoms in total. The molecule has 19 heavy (non-hydrogen) atoms. The molecular formula is C14H15NO3S. The van der Waals surface area contributed by atoms with Crippen LogP contribution < -0.4 is 4.74 Å². The number of rotatable bonds is 1. The van der Waals surface area contributed by atoms with Crippen molar-refractivity contribution in [3.63, 3.8) is 0 Å². The molecule has 0 spiro atoms. The summed E-state index contributed by atoms with van der Waals surface area (Å²) in [5, 5.41) is 18.8. The van der Waals surface area contributed by atoms with Gasteiger partial charge < -0.3 is 9.84 Å². The maximum absolute atomic E-state index is 11.4. The van der Waals surface area contributed by atoms with Gasteiger partial charge in [-0.2, -0.15) is 5.26 Å². The van der Waals surface area contributed by atoms with Crippen molar-refractivity contribution in [1.82, 2.24) is 0 Å². The molecule has 1 aromatic rings. The number of ether oxygens (including phenoxy) is 1. The topological polar surface area (TPSA) is 70.3 Å². The van der Waals surface area contributed by atoms with Gasteiger partial charge in [0, 0.05) is 12.5 Å². The Hall–Kier alpha value is -1.51. The highest BCUT2D eigenvalue weighted by molar-refractivity contribution is 8.13. The summed E-state index contributed by atoms with van der Waals surface area (Å²) in [5.74, 6) is 0.619. The summed E-state index contributed by atoms with van der Waals surface area (Å²) in [4.78, 5) is 11.4. The van der Waals surface area contributed by atoms with Crippen LogP contribution in [0.3, 0.4) is 0 Å². The van der Waals surface area contributed by atoms with Gasteiger partial charge in [0.15, 0.2) is 5.12 Å². The fraction of sp³-hybridized carbons (Fsp3) is 0.429. The van der Waals surface area contributed by atoms with Crippen LogP contribution in [0.15, 0.2) is 18.2 Å². The van der Waals surface area contributed by atoms with Crippen LogP contribution in [0.5, 0.6) is 5.75 Å². The zero-order chi connectivity index (χ0) is 14.2. The van der Waals surface area contributed by atoms with Crippen LogP contribution in [0.4, 0.5) is 0 Å². The van der Waals surface area contributed by atoms with Gasteiger partial charge in [-0.25, -0.2) is 0 Å². The molecule has 2 atom stereocenters. The van der Waals surface area contributed by atoms with E-state index in [2.05, 4.69) is 6.07 Å². The van der Waals surface area contributed by atoms with Crippen molar-refractivity contribution < 1.29 is 14.6 Å². The van der Waals surface area contributed by atoms with Gasteiger partial charge in [0.2, 0.25) is 0 Å². The SMILES string of the molecule is CC(=O)S[C@H]1c2cc(C#N)ccc2OC(C)(C)[C@@H]1O. The molecule has 0 aromatic heterocycles. The molecule has 0 radical (unpaired) electrons. The lowest BCUT2D eigenvalue weighted by molar-refractivity contribution is -0.109. The number of carbonyl (C=O) groups is 1. The molecule has 1 aromatic carbocycles. The van der Waals surface area contributed by atoms with Crippen molar-refractivity contribution in [3.05, 3.63) is 29.3 Å². The van der Waals surface area contributed by atoms with Crippen molar-refractivity contribution in [1.29, 1.82) is 5.26 Å². The van der Waals surface area contributed by atoms with E-state index < -0.39 is 17.0 Å². The first-order valence-corrected chi connectivity index (χ1v) is 6.81. The number of carbonyl (C=O) groups excluding carboxylic acids is 1. The average Bonchev–Trinajstić information content (AvgIpc) is 2.34. The lowest BCUT2D eigenvalue weighted by atomic mass is 9.90. The second kappa shape index (κ2) is 4.87. The Bertz CT molecular complexity index is 562. The fourth-order valence-corrected chi connectivity index (χ4v) is 3.24. The summed E-state index contributed by atoms with van der Waals surface area (Å²) in [7, 11) is 0. The van der Waals surface area contributed by atoms with Gasteiger partial charge in [-0.15, -0.1) is 0 Å². The molecule has 0 saturated heterocycles. The maximum atomic E-state index is 11.4. The highest BCUT2D eigenvalue weighted by atomic mass is 32.2. The Balaban J connectivity index is 2.52. The van der Waals surface area contributed by atoms with Crippen LogP contribution in [-0.4, -0.2) is 21.9 Å². The molecule has 1 heterocycles. The zero-order valence-corrected chi connectivity index (χ0v) is 11.8. The third kappa shape index (κ3) is 2.60. The van der Waals surface area contributed by atoms with Crippen LogP contribution in [0.25, 0.3) is 0 Å². The minimum absolute atomic E-state index is 0.0740. The van der Waals surface area contributed by atoms with E-state index >= 15 is 0 Å². The first-order valence-electron chi connectivity index (χ1n) is 5.93. The van der Waals surface area contributed by atoms with Gasteiger partial charge in [-0.1, -0.05) is 11.8 Å². The molecule has 0 aliphatic carbocycles. The van der Waals surface area contributed by atoms with Gasteiger partial charge in [0.25, 0.3) is 0 Å². The van der Waals surface area contributed by atoms with E-state index in [4.69, 9.17) is 10.00 Å². The van der Waals surface area contributed by atoms with Crippen molar-refractivity contribution in [2.45, 2.75) is 37.7 Å². The quantitative estimate of drug-likeness (QED) is 0.853. The number of aliphatic hydroxyl groups is 1. The van der Waals surface area contributed by atoms with E-state index in [-0.39, 0.29) is 5.12 Å². The second-order valence-electron chi connectivity index (χ2n) is 5.04. The highest BCUT2D eigenvalue weighted by Crippen LogP contribution is 2.47. The van der Waals surface area contributed by atoms with Crippen molar-refractivity contribution in [2.24, 2.45) is 0 Å². The molecule has 0 fully saturated rings. The van der Waals surface area contributed by atoms with E-state index in [1.165, 1.54) is 6.92 Å². The van der Waals surface area contributed by atoms with E-state index in [9.17, 15) is 9.90 Å². The Morgan fingerprint density at radius 1 is 1.53 bits per heavy atom. The van der Waals surface area contributed by atoms with Crippen molar-refractivity contribution in [3.8, 4) is 11.8 Å². The standard InChI is InChI=1S/C14H15NO3S/c1-8(16)19-12-10-6-9(7-15)4-5-11(10)18-14(2,3)13(12)17/h4-6,12-13,17H,1-3H3/t12-,13+/m0/s1. The lowest BCUT2D eigenvalue weighted by Crippen LogP contribution is -2.48. The number of hydrogen-bond acceptors (Lipinski definition) is 5. The zero-order valence-electron chi connectivity index (χ0n) is 11.0. The van der Waals surface area contributed by atoms with E-state index in [1.54, 1.807) is 32.0 Å². The van der Waals surface area contributed by atoms with Gasteiger partial charge in [-0.05, 0) is 32.0 Å². The monoisotopic (exact) mass is 277 g/mol. The van der Waals surface area contributed by atoms with Crippen LogP contribution >= 0.6 is 11.8 Å². The molecule has 1 aliphatic rings. The first kappa shape index (κ1) is 13.9. The molecule has 5 heteroatoms. The molecule has 2 rings (SSSR count). The van der Waals surface area contributed by atoms with Gasteiger partial charge in [-0.3, -0.25) is 4.79 Å². The summed E-state index contributed by atoms with van der Waals surface area (Å²) in [6.07, 6.45) is -0.817. The summed E-state index contributed by atoms with van der Waals surface area (Å²) in [6.45, 7) is 5.03. The average molecular weight is 277 g/mol. The minimum Gasteiger partial charge on any atom is -0.485 e. The lowest BCUT2D eigenvalue weighted by Gasteiger charge is -2.41. The predicted molar refractivity (Wildman–Crippen MR) is 72.9 cm³/mol. The van der Waals surface area contributed by atoms with Gasteiger partial charge >= 0.3 is 0 Å². The first-order chi connectivity index (χ1) is 8.85. The largest absolute Gasteiger partial charge is 0.485 e. The number of nitriles is 1. The number of hydrogen-bond donors (Lipinski definition) is 1. The van der Waals surface area contributed by atoms with Crippen molar-refractivity contribution in [2.75, 3.05) is 0 Å². The Labute approximate surface area is 116 Å². The summed E-state index contributed by atoms with van der Waals surface area (Å²) >= 11 is 1.07. The molecule has 100 valence electrons. The predicted octanol–water partition coefficient (Wildman–Crippen LogP) is 2.41. The molecule has 0 saturated carbocycles. The molecule has 1 N–H and O–H groups in total. The number of thioether (sulfide) groups is 1. The number of nitrogens with zero attached hydrogens (tertiary/aromatic N) is 1. The van der Waals surface area contributed by atoms with E-state index in [1.807, 2.05) is 0 Å². The highest BCUT2D eigenvalue weighted by Gasteiger charge is 2.43. The summed E-state index contributed by atoms with van der Waals surface area (Å²) in [6, 6.07) is 7.12. The molecule has 0 unspecified atom stereocenters. The normalized spacial score (nSPS) is 23.9. The number of aliphatic hydroxyl groups excluding tert-OH is 1. The van der Waals surface area contributed by atoms with Crippen LogP contribution in [0.2, 0.25) is 0 Å². The van der Waals surface area contributed by atoms with Crippen LogP contribution in [-0.2, 0) is 4.79 Å². The Kier molecular flexibility index (Phi) is 3.57. The molecule has 0 bridgehead atoms. The van der Waals surface area contributed by atoms with E-state index in [0.717, 1.165) is 11.8 Å². The minimum atomic E-state index is -0.817. The Morgan fingerprint density at radius 3 is 2.79 bits per heavy atom. The maximum Gasteiger partial charge on any atom is 0.186 e. The second-order valence-corrected chi connectivity index (χ2v) is 6.36. The van der Waals surface area contributed by atoms with Crippen LogP contribution in [0.1, 0.15) is 37.1 Å². The summed E-state index contributed by atoms with van der Waals surface area (Å²) in [5.41, 5.74) is 0.420. The van der Waals surface area contributed by atoms with Crippen LogP contribution in [0, 0.1) is 11.3 Å². The number of fused-ring (bicyclic) bond motifs is 1. The molecule has 0 amide bonds. The van der Waals surface area contributed by atoms with Gasteiger partial charge in [0.05, 0.1) is 16.9 Å². The third-order valence-electron chi connectivity index (χ3n) is 3.11. The third-order valence-corrected chi connectivity index (χ3v) is 4.21. The van der Waals surface area contributed by atoms with Crippen molar-refractivity contribution >= 4 is 16.9 Å². The fourth-order valence-electron chi connectivity index (χ4n) is 2.12. The molecule has 1 aliphatic heterocycles. The van der Waals surface area contributed by atoms with E-state index in [0.29, 0.717) is 16.9 Å². The smallest absolute Gasteiger partial charge is 0.186 e. The Morgan fingerprint density at radius 2 is 2.21 bits per heavy atom. The summed E-state index contributed by atoms with van der Waals surface area (Å²) < 4.78 is 5.76.